The summed E-state index contributed by atoms with van der Waals surface area (Å²) in [5, 5.41) is 1.99. The molecule has 1 fully saturated rings. The summed E-state index contributed by atoms with van der Waals surface area (Å²) in [5.74, 6) is -0.0844. The molecular formula is C18H17NO3S. The Balaban J connectivity index is 1.47. The van der Waals surface area contributed by atoms with Crippen molar-refractivity contribution in [2.75, 3.05) is 13.1 Å². The third-order valence-corrected chi connectivity index (χ3v) is 5.63. The maximum Gasteiger partial charge on any atom is 0.339 e. The maximum atomic E-state index is 12.4. The van der Waals surface area contributed by atoms with Gasteiger partial charge in [-0.1, -0.05) is 24.3 Å². The van der Waals surface area contributed by atoms with E-state index in [4.69, 9.17) is 4.74 Å². The number of hydrogen-bond donors (Lipinski definition) is 0. The Morgan fingerprint density at radius 3 is 2.70 bits per heavy atom. The molecule has 4 nitrogen and oxygen atoms in total. The van der Waals surface area contributed by atoms with E-state index in [1.54, 1.807) is 11.3 Å². The number of carbonyl (C=O) groups is 2. The second kappa shape index (κ2) is 5.49. The topological polar surface area (TPSA) is 46.6 Å². The van der Waals surface area contributed by atoms with Crippen molar-refractivity contribution < 1.29 is 14.3 Å². The quantitative estimate of drug-likeness (QED) is 0.797. The number of hydrogen-bond acceptors (Lipinski definition) is 4. The largest absolute Gasteiger partial charge is 0.450 e. The van der Waals surface area contributed by atoms with E-state index in [2.05, 4.69) is 0 Å². The molecule has 2 aliphatic heterocycles. The Bertz CT molecular complexity index is 745. The summed E-state index contributed by atoms with van der Waals surface area (Å²) in [7, 11) is 0. The molecule has 1 aromatic carbocycles. The number of nitrogens with zero attached hydrogens (tertiary/aromatic N) is 1. The predicted molar refractivity (Wildman–Crippen MR) is 87.4 cm³/mol. The maximum absolute atomic E-state index is 12.4. The molecule has 0 saturated carbocycles. The Morgan fingerprint density at radius 1 is 1.17 bits per heavy atom. The molecule has 4 rings (SSSR count). The van der Waals surface area contributed by atoms with Crippen molar-refractivity contribution in [1.29, 1.82) is 0 Å². The van der Waals surface area contributed by atoms with Crippen LogP contribution in [0, 0.1) is 0 Å². The van der Waals surface area contributed by atoms with Gasteiger partial charge in [-0.2, -0.15) is 0 Å². The summed E-state index contributed by atoms with van der Waals surface area (Å²) in [6.07, 6.45) is 1.80. The first kappa shape index (κ1) is 14.5. The zero-order chi connectivity index (χ0) is 15.9. The molecule has 2 aromatic rings. The lowest BCUT2D eigenvalue weighted by Gasteiger charge is -2.38. The van der Waals surface area contributed by atoms with Crippen LogP contribution in [0.5, 0.6) is 0 Å². The van der Waals surface area contributed by atoms with Gasteiger partial charge in [0.15, 0.2) is 0 Å². The third kappa shape index (κ3) is 2.45. The minimum absolute atomic E-state index is 0.153. The Hall–Kier alpha value is -2.14. The third-order valence-electron chi connectivity index (χ3n) is 4.76. The summed E-state index contributed by atoms with van der Waals surface area (Å²) in [6.45, 7) is 1.26. The van der Waals surface area contributed by atoms with Crippen LogP contribution in [0.3, 0.4) is 0 Å². The van der Waals surface area contributed by atoms with Gasteiger partial charge in [0.25, 0.3) is 0 Å². The van der Waals surface area contributed by atoms with E-state index in [1.807, 2.05) is 46.7 Å². The molecule has 3 heterocycles. The van der Waals surface area contributed by atoms with Gasteiger partial charge < -0.3 is 9.64 Å². The van der Waals surface area contributed by atoms with Crippen LogP contribution in [0.2, 0.25) is 0 Å². The highest BCUT2D eigenvalue weighted by atomic mass is 32.1. The molecule has 0 unspecified atom stereocenters. The summed E-state index contributed by atoms with van der Waals surface area (Å²) in [6, 6.07) is 11.6. The number of likely N-dealkylation sites (tertiary alicyclic amines) is 1. The number of thiophene rings is 1. The fraction of sp³-hybridized carbons (Fsp3) is 0.333. The first-order valence-corrected chi connectivity index (χ1v) is 8.69. The van der Waals surface area contributed by atoms with Crippen LogP contribution < -0.4 is 0 Å². The van der Waals surface area contributed by atoms with E-state index in [0.29, 0.717) is 37.9 Å². The number of fused-ring (bicyclic) bond motifs is 2. The van der Waals surface area contributed by atoms with Crippen LogP contribution in [0.4, 0.5) is 0 Å². The van der Waals surface area contributed by atoms with Crippen molar-refractivity contribution in [2.24, 2.45) is 0 Å². The van der Waals surface area contributed by atoms with Gasteiger partial charge in [0.05, 0.1) is 12.0 Å². The summed E-state index contributed by atoms with van der Waals surface area (Å²) in [4.78, 5) is 27.4. The zero-order valence-electron chi connectivity index (χ0n) is 12.7. The molecular weight excluding hydrogens is 310 g/mol. The second-order valence-electron chi connectivity index (χ2n) is 6.07. The number of esters is 1. The van der Waals surface area contributed by atoms with Crippen LogP contribution in [0.1, 0.15) is 33.6 Å². The lowest BCUT2D eigenvalue weighted by molar-refractivity contribution is -0.134. The van der Waals surface area contributed by atoms with Gasteiger partial charge in [0.1, 0.15) is 5.60 Å². The van der Waals surface area contributed by atoms with Gasteiger partial charge in [-0.25, -0.2) is 4.79 Å². The summed E-state index contributed by atoms with van der Waals surface area (Å²) in [5.41, 5.74) is 1.12. The minimum atomic E-state index is -0.534. The van der Waals surface area contributed by atoms with Gasteiger partial charge in [-0.3, -0.25) is 4.79 Å². The predicted octanol–water partition coefficient (Wildman–Crippen LogP) is 2.98. The van der Waals surface area contributed by atoms with E-state index in [-0.39, 0.29) is 11.9 Å². The van der Waals surface area contributed by atoms with Gasteiger partial charge in [-0.15, -0.1) is 11.3 Å². The van der Waals surface area contributed by atoms with Crippen molar-refractivity contribution in [3.05, 3.63) is 57.8 Å². The molecule has 23 heavy (non-hydrogen) atoms. The number of benzene rings is 1. The van der Waals surface area contributed by atoms with Crippen molar-refractivity contribution >= 4 is 23.2 Å². The number of amides is 1. The first-order chi connectivity index (χ1) is 11.2. The van der Waals surface area contributed by atoms with Crippen LogP contribution in [0.15, 0.2) is 41.8 Å². The van der Waals surface area contributed by atoms with Crippen LogP contribution in [0.25, 0.3) is 0 Å². The number of ether oxygens (including phenoxy) is 1. The fourth-order valence-corrected chi connectivity index (χ4v) is 4.20. The minimum Gasteiger partial charge on any atom is -0.450 e. The van der Waals surface area contributed by atoms with Crippen molar-refractivity contribution in [3.63, 3.8) is 0 Å². The lowest BCUT2D eigenvalue weighted by atomic mass is 9.83. The van der Waals surface area contributed by atoms with Crippen molar-refractivity contribution in [3.8, 4) is 0 Å². The molecule has 1 aromatic heterocycles. The molecule has 1 saturated heterocycles. The normalized spacial score (nSPS) is 18.8. The average molecular weight is 327 g/mol. The monoisotopic (exact) mass is 327 g/mol. The van der Waals surface area contributed by atoms with Gasteiger partial charge >= 0.3 is 5.97 Å². The number of rotatable bonds is 2. The van der Waals surface area contributed by atoms with Gasteiger partial charge in [-0.05, 0) is 17.5 Å². The fourth-order valence-electron chi connectivity index (χ4n) is 3.51. The molecule has 0 N–H and O–H groups in total. The molecule has 2 aliphatic rings. The van der Waals surface area contributed by atoms with E-state index >= 15 is 0 Å². The summed E-state index contributed by atoms with van der Waals surface area (Å²) >= 11 is 1.61. The molecule has 118 valence electrons. The molecule has 0 radical (unpaired) electrons. The smallest absolute Gasteiger partial charge is 0.339 e. The van der Waals surface area contributed by atoms with Crippen LogP contribution >= 0.6 is 11.3 Å². The second-order valence-corrected chi connectivity index (χ2v) is 7.10. The molecule has 0 aliphatic carbocycles. The Morgan fingerprint density at radius 2 is 1.96 bits per heavy atom. The Kier molecular flexibility index (Phi) is 3.45. The van der Waals surface area contributed by atoms with E-state index in [0.717, 1.165) is 10.4 Å². The molecule has 1 amide bonds. The molecule has 0 atom stereocenters. The number of carbonyl (C=O) groups excluding carboxylic acids is 2. The first-order valence-electron chi connectivity index (χ1n) is 7.81. The van der Waals surface area contributed by atoms with E-state index < -0.39 is 5.60 Å². The molecule has 1 spiro atoms. The molecule has 0 bridgehead atoms. The average Bonchev–Trinajstić information content (AvgIpc) is 3.16. The lowest BCUT2D eigenvalue weighted by Crippen LogP contribution is -2.45. The van der Waals surface area contributed by atoms with Crippen molar-refractivity contribution in [2.45, 2.75) is 24.9 Å². The van der Waals surface area contributed by atoms with Crippen LogP contribution in [-0.2, 0) is 21.6 Å². The van der Waals surface area contributed by atoms with E-state index in [9.17, 15) is 9.59 Å². The SMILES string of the molecule is O=C1OC2(CCN(C(=O)Cc3cccs3)CC2)c2ccccc21. The highest BCUT2D eigenvalue weighted by molar-refractivity contribution is 7.10. The van der Waals surface area contributed by atoms with Crippen LogP contribution in [-0.4, -0.2) is 29.9 Å². The number of piperidine rings is 1. The standard InChI is InChI=1S/C18H17NO3S/c20-16(12-13-4-3-11-23-13)19-9-7-18(8-10-19)15-6-2-1-5-14(15)17(21)22-18/h1-6,11H,7-10,12H2. The van der Waals surface area contributed by atoms with E-state index in [1.165, 1.54) is 0 Å². The van der Waals surface area contributed by atoms with Gasteiger partial charge in [0, 0.05) is 36.4 Å². The zero-order valence-corrected chi connectivity index (χ0v) is 13.5. The highest BCUT2D eigenvalue weighted by Gasteiger charge is 2.47. The van der Waals surface area contributed by atoms with Gasteiger partial charge in [0.2, 0.25) is 5.91 Å². The Labute approximate surface area is 138 Å². The van der Waals surface area contributed by atoms with Crippen molar-refractivity contribution in [1.82, 2.24) is 4.90 Å². The highest BCUT2D eigenvalue weighted by Crippen LogP contribution is 2.43. The molecule has 5 heteroatoms. The summed E-state index contributed by atoms with van der Waals surface area (Å²) < 4.78 is 5.72.